The topological polar surface area (TPSA) is 78.9 Å². The molecular formula is C12H22N2O4. The summed E-state index contributed by atoms with van der Waals surface area (Å²) in [7, 11) is 1.48. The van der Waals surface area contributed by atoms with Crippen LogP contribution in [0.25, 0.3) is 0 Å². The van der Waals surface area contributed by atoms with Crippen molar-refractivity contribution in [1.82, 2.24) is 10.2 Å². The molecule has 1 rings (SSSR count). The van der Waals surface area contributed by atoms with E-state index in [-0.39, 0.29) is 12.1 Å². The van der Waals surface area contributed by atoms with Crippen LogP contribution in [-0.2, 0) is 9.53 Å². The number of hydrogen-bond acceptors (Lipinski definition) is 3. The maximum absolute atomic E-state index is 11.9. The lowest BCUT2D eigenvalue weighted by Crippen LogP contribution is -2.54. The SMILES string of the molecule is CC1OCCC1CNC(=O)N(C)C(C)(C)C(=O)O. The fraction of sp³-hybridized carbons (Fsp3) is 0.833. The molecule has 1 aliphatic rings. The lowest BCUT2D eigenvalue weighted by atomic mass is 10.0. The highest BCUT2D eigenvalue weighted by Crippen LogP contribution is 2.19. The van der Waals surface area contributed by atoms with Crippen molar-refractivity contribution in [2.24, 2.45) is 5.92 Å². The van der Waals surface area contributed by atoms with Crippen LogP contribution in [0.2, 0.25) is 0 Å². The first-order valence-electron chi connectivity index (χ1n) is 6.13. The maximum Gasteiger partial charge on any atom is 0.329 e. The van der Waals surface area contributed by atoms with Gasteiger partial charge in [0.25, 0.3) is 0 Å². The van der Waals surface area contributed by atoms with E-state index in [1.807, 2.05) is 6.92 Å². The second kappa shape index (κ2) is 5.56. The van der Waals surface area contributed by atoms with Gasteiger partial charge in [-0.25, -0.2) is 9.59 Å². The van der Waals surface area contributed by atoms with Gasteiger partial charge in [0.2, 0.25) is 0 Å². The summed E-state index contributed by atoms with van der Waals surface area (Å²) in [6.45, 7) is 6.21. The molecule has 0 aromatic heterocycles. The van der Waals surface area contributed by atoms with E-state index in [9.17, 15) is 9.59 Å². The molecule has 1 saturated heterocycles. The van der Waals surface area contributed by atoms with Crippen LogP contribution in [0.5, 0.6) is 0 Å². The normalized spacial score (nSPS) is 23.8. The van der Waals surface area contributed by atoms with Crippen molar-refractivity contribution in [2.75, 3.05) is 20.2 Å². The Kier molecular flexibility index (Phi) is 4.56. The molecule has 0 radical (unpaired) electrons. The minimum absolute atomic E-state index is 0.142. The molecule has 1 aliphatic heterocycles. The summed E-state index contributed by atoms with van der Waals surface area (Å²) in [6.07, 6.45) is 1.07. The van der Waals surface area contributed by atoms with Gasteiger partial charge in [-0.1, -0.05) is 0 Å². The Morgan fingerprint density at radius 2 is 2.11 bits per heavy atom. The number of nitrogens with zero attached hydrogens (tertiary/aromatic N) is 1. The molecule has 0 saturated carbocycles. The second-order valence-corrected chi connectivity index (χ2v) is 5.23. The number of amides is 2. The Labute approximate surface area is 107 Å². The zero-order chi connectivity index (χ0) is 13.9. The third-order valence-corrected chi connectivity index (χ3v) is 3.72. The van der Waals surface area contributed by atoms with Crippen LogP contribution in [-0.4, -0.2) is 53.8 Å². The lowest BCUT2D eigenvalue weighted by Gasteiger charge is -2.32. The Morgan fingerprint density at radius 1 is 1.50 bits per heavy atom. The van der Waals surface area contributed by atoms with Gasteiger partial charge in [-0.15, -0.1) is 0 Å². The van der Waals surface area contributed by atoms with E-state index in [4.69, 9.17) is 9.84 Å². The number of carbonyl (C=O) groups is 2. The number of hydrogen-bond donors (Lipinski definition) is 2. The molecule has 0 aromatic carbocycles. The van der Waals surface area contributed by atoms with Gasteiger partial charge in [0.1, 0.15) is 5.54 Å². The van der Waals surface area contributed by atoms with Gasteiger partial charge in [-0.05, 0) is 27.2 Å². The molecule has 1 heterocycles. The summed E-state index contributed by atoms with van der Waals surface area (Å²) in [6, 6.07) is -0.374. The summed E-state index contributed by atoms with van der Waals surface area (Å²) in [4.78, 5) is 24.1. The molecule has 0 aliphatic carbocycles. The number of urea groups is 1. The van der Waals surface area contributed by atoms with Gasteiger partial charge in [0.05, 0.1) is 6.10 Å². The van der Waals surface area contributed by atoms with Gasteiger partial charge in [0, 0.05) is 26.1 Å². The van der Waals surface area contributed by atoms with Gasteiger partial charge in [-0.3, -0.25) is 0 Å². The highest BCUT2D eigenvalue weighted by Gasteiger charge is 2.35. The maximum atomic E-state index is 11.9. The second-order valence-electron chi connectivity index (χ2n) is 5.23. The first kappa shape index (κ1) is 14.8. The average molecular weight is 258 g/mol. The number of likely N-dealkylation sites (N-methyl/N-ethyl adjacent to an activating group) is 1. The first-order chi connectivity index (χ1) is 8.26. The van der Waals surface area contributed by atoms with Crippen molar-refractivity contribution in [1.29, 1.82) is 0 Å². The van der Waals surface area contributed by atoms with Gasteiger partial charge in [-0.2, -0.15) is 0 Å². The molecule has 0 spiro atoms. The Morgan fingerprint density at radius 3 is 2.56 bits per heavy atom. The van der Waals surface area contributed by atoms with Crippen LogP contribution in [0.1, 0.15) is 27.2 Å². The number of carboxylic acid groups (broad SMARTS) is 1. The predicted molar refractivity (Wildman–Crippen MR) is 66.4 cm³/mol. The zero-order valence-corrected chi connectivity index (χ0v) is 11.4. The van der Waals surface area contributed by atoms with Crippen molar-refractivity contribution >= 4 is 12.0 Å². The summed E-state index contributed by atoms with van der Waals surface area (Å²) < 4.78 is 5.40. The van der Waals surface area contributed by atoms with E-state index in [0.717, 1.165) is 13.0 Å². The van der Waals surface area contributed by atoms with Gasteiger partial charge >= 0.3 is 12.0 Å². The van der Waals surface area contributed by atoms with E-state index >= 15 is 0 Å². The molecule has 18 heavy (non-hydrogen) atoms. The smallest absolute Gasteiger partial charge is 0.329 e. The molecule has 2 unspecified atom stereocenters. The Bertz CT molecular complexity index is 330. The van der Waals surface area contributed by atoms with Crippen LogP contribution in [0.3, 0.4) is 0 Å². The number of aliphatic carboxylic acids is 1. The monoisotopic (exact) mass is 258 g/mol. The molecular weight excluding hydrogens is 236 g/mol. The van der Waals surface area contributed by atoms with Crippen molar-refractivity contribution in [3.8, 4) is 0 Å². The third kappa shape index (κ3) is 3.13. The van der Waals surface area contributed by atoms with Crippen molar-refractivity contribution in [3.63, 3.8) is 0 Å². The minimum atomic E-state index is -1.22. The number of carbonyl (C=O) groups excluding carboxylic acids is 1. The first-order valence-corrected chi connectivity index (χ1v) is 6.13. The summed E-state index contributed by atoms with van der Waals surface area (Å²) in [5.41, 5.74) is -1.22. The van der Waals surface area contributed by atoms with Crippen molar-refractivity contribution < 1.29 is 19.4 Å². The van der Waals surface area contributed by atoms with E-state index in [1.54, 1.807) is 0 Å². The average Bonchev–Trinajstić information content (AvgIpc) is 2.70. The van der Waals surface area contributed by atoms with Crippen LogP contribution < -0.4 is 5.32 Å². The summed E-state index contributed by atoms with van der Waals surface area (Å²) in [5.74, 6) is -0.729. The molecule has 1 fully saturated rings. The molecule has 2 amide bonds. The molecule has 2 atom stereocenters. The van der Waals surface area contributed by atoms with E-state index in [2.05, 4.69) is 5.32 Å². The number of carboxylic acids is 1. The highest BCUT2D eigenvalue weighted by atomic mass is 16.5. The quantitative estimate of drug-likeness (QED) is 0.785. The molecule has 2 N–H and O–H groups in total. The van der Waals surface area contributed by atoms with Crippen LogP contribution in [0, 0.1) is 5.92 Å². The van der Waals surface area contributed by atoms with Crippen LogP contribution >= 0.6 is 0 Å². The van der Waals surface area contributed by atoms with E-state index in [0.29, 0.717) is 12.5 Å². The van der Waals surface area contributed by atoms with E-state index < -0.39 is 11.5 Å². The highest BCUT2D eigenvalue weighted by molar-refractivity contribution is 5.85. The fourth-order valence-corrected chi connectivity index (χ4v) is 1.78. The summed E-state index contributed by atoms with van der Waals surface area (Å²) >= 11 is 0. The summed E-state index contributed by atoms with van der Waals surface area (Å²) in [5, 5.41) is 11.8. The standard InChI is InChI=1S/C12H22N2O4/c1-8-9(5-6-18-8)7-13-11(17)14(4)12(2,3)10(15)16/h8-9H,5-7H2,1-4H3,(H,13,17)(H,15,16). The van der Waals surface area contributed by atoms with E-state index in [1.165, 1.54) is 25.8 Å². The van der Waals surface area contributed by atoms with Gasteiger partial charge in [0.15, 0.2) is 0 Å². The van der Waals surface area contributed by atoms with Crippen LogP contribution in [0.15, 0.2) is 0 Å². The number of ether oxygens (including phenoxy) is 1. The minimum Gasteiger partial charge on any atom is -0.480 e. The Hall–Kier alpha value is -1.30. The predicted octanol–water partition coefficient (Wildman–Crippen LogP) is 0.916. The lowest BCUT2D eigenvalue weighted by molar-refractivity contribution is -0.146. The van der Waals surface area contributed by atoms with Gasteiger partial charge < -0.3 is 20.1 Å². The largest absolute Gasteiger partial charge is 0.480 e. The zero-order valence-electron chi connectivity index (χ0n) is 11.4. The molecule has 0 bridgehead atoms. The molecule has 6 nitrogen and oxygen atoms in total. The number of nitrogens with one attached hydrogen (secondary N) is 1. The molecule has 0 aromatic rings. The fourth-order valence-electron chi connectivity index (χ4n) is 1.78. The van der Waals surface area contributed by atoms with Crippen molar-refractivity contribution in [2.45, 2.75) is 38.8 Å². The van der Waals surface area contributed by atoms with Crippen LogP contribution in [0.4, 0.5) is 4.79 Å². The Balaban J connectivity index is 2.48. The third-order valence-electron chi connectivity index (χ3n) is 3.72. The number of rotatable bonds is 4. The molecule has 104 valence electrons. The molecule has 6 heteroatoms. The van der Waals surface area contributed by atoms with Crippen molar-refractivity contribution in [3.05, 3.63) is 0 Å².